The lowest BCUT2D eigenvalue weighted by Crippen LogP contribution is -2.31. The van der Waals surface area contributed by atoms with Crippen molar-refractivity contribution in [2.75, 3.05) is 19.6 Å². The fourth-order valence-corrected chi connectivity index (χ4v) is 3.05. The summed E-state index contributed by atoms with van der Waals surface area (Å²) in [6, 6.07) is 0. The van der Waals surface area contributed by atoms with Gasteiger partial charge in [0.25, 0.3) is 0 Å². The van der Waals surface area contributed by atoms with Crippen LogP contribution in [0.1, 0.15) is 51.4 Å². The van der Waals surface area contributed by atoms with Gasteiger partial charge in [-0.3, -0.25) is 4.79 Å². The maximum atomic E-state index is 11.8. The van der Waals surface area contributed by atoms with Gasteiger partial charge in [-0.1, -0.05) is 25.7 Å². The first-order valence-corrected chi connectivity index (χ1v) is 7.32. The standard InChI is InChI=1S/C14H26N2O.ClH/c17-14(16-11-13-7-8-15-10-13)9-12-5-3-1-2-4-6-12;/h12-13,15H,1-11H2,(H,16,17);1H. The van der Waals surface area contributed by atoms with Crippen LogP contribution >= 0.6 is 12.4 Å². The summed E-state index contributed by atoms with van der Waals surface area (Å²) in [7, 11) is 0. The highest BCUT2D eigenvalue weighted by Gasteiger charge is 2.18. The van der Waals surface area contributed by atoms with E-state index < -0.39 is 0 Å². The topological polar surface area (TPSA) is 41.1 Å². The van der Waals surface area contributed by atoms with Gasteiger partial charge >= 0.3 is 0 Å². The quantitative estimate of drug-likeness (QED) is 0.774. The molecule has 0 spiro atoms. The Morgan fingerprint density at radius 3 is 2.39 bits per heavy atom. The van der Waals surface area contributed by atoms with E-state index in [1.165, 1.54) is 44.9 Å². The fourth-order valence-electron chi connectivity index (χ4n) is 3.05. The smallest absolute Gasteiger partial charge is 0.220 e. The number of carbonyl (C=O) groups is 1. The average molecular weight is 275 g/mol. The summed E-state index contributed by atoms with van der Waals surface area (Å²) in [6.45, 7) is 3.06. The molecule has 4 heteroatoms. The molecule has 0 aromatic heterocycles. The molecule has 1 amide bonds. The Hall–Kier alpha value is -0.280. The zero-order chi connectivity index (χ0) is 11.9. The molecule has 2 N–H and O–H groups in total. The molecular formula is C14H27ClN2O. The van der Waals surface area contributed by atoms with E-state index in [0.717, 1.165) is 26.1 Å². The van der Waals surface area contributed by atoms with E-state index in [4.69, 9.17) is 0 Å². The molecule has 1 aliphatic heterocycles. The van der Waals surface area contributed by atoms with Gasteiger partial charge in [0.05, 0.1) is 0 Å². The van der Waals surface area contributed by atoms with Crippen LogP contribution in [0.2, 0.25) is 0 Å². The highest BCUT2D eigenvalue weighted by atomic mass is 35.5. The van der Waals surface area contributed by atoms with Crippen molar-refractivity contribution in [1.82, 2.24) is 10.6 Å². The second-order valence-electron chi connectivity index (χ2n) is 5.72. The van der Waals surface area contributed by atoms with Gasteiger partial charge in [0.15, 0.2) is 0 Å². The van der Waals surface area contributed by atoms with Crippen molar-refractivity contribution in [3.8, 4) is 0 Å². The van der Waals surface area contributed by atoms with Gasteiger partial charge in [-0.2, -0.15) is 0 Å². The molecule has 0 aromatic rings. The van der Waals surface area contributed by atoms with E-state index >= 15 is 0 Å². The van der Waals surface area contributed by atoms with E-state index in [1.54, 1.807) is 0 Å². The van der Waals surface area contributed by atoms with Gasteiger partial charge in [0, 0.05) is 13.0 Å². The van der Waals surface area contributed by atoms with Crippen molar-refractivity contribution in [3.05, 3.63) is 0 Å². The summed E-state index contributed by atoms with van der Waals surface area (Å²) in [5.41, 5.74) is 0. The van der Waals surface area contributed by atoms with Crippen molar-refractivity contribution < 1.29 is 4.79 Å². The van der Waals surface area contributed by atoms with Gasteiger partial charge < -0.3 is 10.6 Å². The first kappa shape index (κ1) is 15.8. The van der Waals surface area contributed by atoms with E-state index in [2.05, 4.69) is 10.6 Å². The van der Waals surface area contributed by atoms with Crippen LogP contribution in [0.3, 0.4) is 0 Å². The zero-order valence-corrected chi connectivity index (χ0v) is 12.1. The van der Waals surface area contributed by atoms with Crippen LogP contribution in [0.25, 0.3) is 0 Å². The molecule has 0 aromatic carbocycles. The minimum absolute atomic E-state index is 0. The lowest BCUT2D eigenvalue weighted by atomic mass is 9.96. The van der Waals surface area contributed by atoms with Gasteiger partial charge in [0.1, 0.15) is 0 Å². The Kier molecular flexibility index (Phi) is 7.68. The van der Waals surface area contributed by atoms with Crippen LogP contribution in [0.15, 0.2) is 0 Å². The highest BCUT2D eigenvalue weighted by Crippen LogP contribution is 2.25. The van der Waals surface area contributed by atoms with Gasteiger partial charge in [-0.05, 0) is 44.2 Å². The predicted molar refractivity (Wildman–Crippen MR) is 77.0 cm³/mol. The molecule has 2 fully saturated rings. The fraction of sp³-hybridized carbons (Fsp3) is 0.929. The highest BCUT2D eigenvalue weighted by molar-refractivity contribution is 5.85. The number of halogens is 1. The van der Waals surface area contributed by atoms with Crippen molar-refractivity contribution in [3.63, 3.8) is 0 Å². The third kappa shape index (κ3) is 5.57. The largest absolute Gasteiger partial charge is 0.356 e. The molecule has 1 aliphatic carbocycles. The molecule has 1 atom stereocenters. The van der Waals surface area contributed by atoms with Crippen LogP contribution in [0.4, 0.5) is 0 Å². The summed E-state index contributed by atoms with van der Waals surface area (Å²) >= 11 is 0. The number of nitrogens with one attached hydrogen (secondary N) is 2. The van der Waals surface area contributed by atoms with Crippen molar-refractivity contribution in [2.45, 2.75) is 51.4 Å². The van der Waals surface area contributed by atoms with E-state index in [9.17, 15) is 4.79 Å². The normalized spacial score (nSPS) is 25.2. The second kappa shape index (κ2) is 8.76. The molecule has 18 heavy (non-hydrogen) atoms. The predicted octanol–water partition coefficient (Wildman–Crippen LogP) is 2.49. The van der Waals surface area contributed by atoms with Crippen LogP contribution in [0, 0.1) is 11.8 Å². The number of hydrogen-bond acceptors (Lipinski definition) is 2. The summed E-state index contributed by atoms with van der Waals surface area (Å²) in [4.78, 5) is 11.8. The first-order valence-electron chi connectivity index (χ1n) is 7.32. The van der Waals surface area contributed by atoms with Gasteiger partial charge in [0.2, 0.25) is 5.91 Å². The third-order valence-corrected chi connectivity index (χ3v) is 4.20. The molecule has 106 valence electrons. The lowest BCUT2D eigenvalue weighted by Gasteiger charge is -2.15. The molecule has 1 unspecified atom stereocenters. The molecule has 1 saturated carbocycles. The minimum Gasteiger partial charge on any atom is -0.356 e. The Morgan fingerprint density at radius 1 is 1.06 bits per heavy atom. The third-order valence-electron chi connectivity index (χ3n) is 4.20. The first-order chi connectivity index (χ1) is 8.34. The molecule has 0 bridgehead atoms. The summed E-state index contributed by atoms with van der Waals surface area (Å²) < 4.78 is 0. The maximum absolute atomic E-state index is 11.8. The summed E-state index contributed by atoms with van der Waals surface area (Å²) in [5.74, 6) is 1.59. The van der Waals surface area contributed by atoms with Crippen molar-refractivity contribution in [1.29, 1.82) is 0 Å². The van der Waals surface area contributed by atoms with Crippen LogP contribution in [-0.4, -0.2) is 25.5 Å². The number of amides is 1. The molecule has 3 nitrogen and oxygen atoms in total. The summed E-state index contributed by atoms with van der Waals surface area (Å²) in [6.07, 6.45) is 9.88. The molecule has 2 aliphatic rings. The number of rotatable bonds is 4. The van der Waals surface area contributed by atoms with Gasteiger partial charge in [-0.25, -0.2) is 0 Å². The molecular weight excluding hydrogens is 248 g/mol. The summed E-state index contributed by atoms with van der Waals surface area (Å²) in [5, 5.41) is 6.45. The van der Waals surface area contributed by atoms with Crippen molar-refractivity contribution in [2.24, 2.45) is 11.8 Å². The van der Waals surface area contributed by atoms with E-state index in [0.29, 0.717) is 11.8 Å². The zero-order valence-electron chi connectivity index (χ0n) is 11.2. The van der Waals surface area contributed by atoms with E-state index in [1.807, 2.05) is 0 Å². The molecule has 0 radical (unpaired) electrons. The SMILES string of the molecule is Cl.O=C(CC1CCCCCC1)NCC1CCNC1. The Bertz CT molecular complexity index is 234. The molecule has 2 rings (SSSR count). The Balaban J connectivity index is 0.00000162. The average Bonchev–Trinajstić information content (AvgIpc) is 2.72. The monoisotopic (exact) mass is 274 g/mol. The Morgan fingerprint density at radius 2 is 1.78 bits per heavy atom. The number of carbonyl (C=O) groups excluding carboxylic acids is 1. The van der Waals surface area contributed by atoms with E-state index in [-0.39, 0.29) is 18.3 Å². The van der Waals surface area contributed by atoms with Crippen molar-refractivity contribution >= 4 is 18.3 Å². The lowest BCUT2D eigenvalue weighted by molar-refractivity contribution is -0.122. The van der Waals surface area contributed by atoms with Gasteiger partial charge in [-0.15, -0.1) is 12.4 Å². The van der Waals surface area contributed by atoms with Crippen LogP contribution in [-0.2, 0) is 4.79 Å². The molecule has 1 saturated heterocycles. The Labute approximate surface area is 117 Å². The molecule has 1 heterocycles. The maximum Gasteiger partial charge on any atom is 0.220 e. The minimum atomic E-state index is 0. The van der Waals surface area contributed by atoms with Crippen LogP contribution < -0.4 is 10.6 Å². The number of hydrogen-bond donors (Lipinski definition) is 2. The second-order valence-corrected chi connectivity index (χ2v) is 5.72. The van der Waals surface area contributed by atoms with Crippen LogP contribution in [0.5, 0.6) is 0 Å².